The van der Waals surface area contributed by atoms with Crippen molar-refractivity contribution in [2.24, 2.45) is 11.8 Å². The predicted molar refractivity (Wildman–Crippen MR) is 129 cm³/mol. The third-order valence-electron chi connectivity index (χ3n) is 7.91. The van der Waals surface area contributed by atoms with E-state index in [-0.39, 0.29) is 31.6 Å². The number of carbonyl (C=O) groups is 3. The maximum absolute atomic E-state index is 14.3. The number of fused-ring (bicyclic) bond motifs is 2. The van der Waals surface area contributed by atoms with Crippen molar-refractivity contribution in [3.63, 3.8) is 0 Å². The van der Waals surface area contributed by atoms with Crippen LogP contribution in [0.2, 0.25) is 0 Å². The zero-order chi connectivity index (χ0) is 25.0. The van der Waals surface area contributed by atoms with Crippen molar-refractivity contribution >= 4 is 23.5 Å². The molecule has 2 fully saturated rings. The number of aryl methyl sites for hydroxylation is 2. The van der Waals surface area contributed by atoms with E-state index in [1.165, 1.54) is 4.90 Å². The molecule has 1 aromatic carbocycles. The number of carbonyl (C=O) groups excluding carboxylic acids is 3. The summed E-state index contributed by atoms with van der Waals surface area (Å²) in [7, 11) is 0. The van der Waals surface area contributed by atoms with E-state index in [1.807, 2.05) is 57.2 Å². The van der Waals surface area contributed by atoms with Crippen LogP contribution >= 0.6 is 0 Å². The van der Waals surface area contributed by atoms with Crippen molar-refractivity contribution in [1.29, 1.82) is 0 Å². The van der Waals surface area contributed by atoms with Crippen molar-refractivity contribution in [1.82, 2.24) is 4.90 Å². The van der Waals surface area contributed by atoms with Crippen LogP contribution in [0, 0.1) is 25.7 Å². The Labute approximate surface area is 205 Å². The van der Waals surface area contributed by atoms with Crippen molar-refractivity contribution in [2.75, 3.05) is 31.2 Å². The van der Waals surface area contributed by atoms with Gasteiger partial charge in [-0.2, -0.15) is 0 Å². The van der Waals surface area contributed by atoms with Crippen LogP contribution in [0.4, 0.5) is 5.69 Å². The Hall–Kier alpha value is -2.97. The molecule has 5 atom stereocenters. The Bertz CT molecular complexity index is 1130. The van der Waals surface area contributed by atoms with E-state index in [2.05, 4.69) is 0 Å². The average Bonchev–Trinajstić information content (AvgIpc) is 3.11. The van der Waals surface area contributed by atoms with E-state index in [1.54, 1.807) is 11.0 Å². The van der Waals surface area contributed by atoms with Crippen LogP contribution in [0.25, 0.3) is 0 Å². The first-order valence-electron chi connectivity index (χ1n) is 12.3. The summed E-state index contributed by atoms with van der Waals surface area (Å²) in [6, 6.07) is 4.99. The van der Waals surface area contributed by atoms with E-state index < -0.39 is 35.0 Å². The first-order valence-corrected chi connectivity index (χ1v) is 12.3. The van der Waals surface area contributed by atoms with E-state index in [0.29, 0.717) is 19.4 Å². The molecule has 1 aromatic rings. The molecule has 5 rings (SSSR count). The molecule has 0 aromatic heterocycles. The second-order valence-corrected chi connectivity index (χ2v) is 9.90. The molecule has 186 valence electrons. The van der Waals surface area contributed by atoms with Gasteiger partial charge in [0.2, 0.25) is 5.91 Å². The lowest BCUT2D eigenvalue weighted by atomic mass is 9.73. The Morgan fingerprint density at radius 3 is 2.63 bits per heavy atom. The standard InChI is InChI=1S/C27H32N2O6/c1-4-26-10-6-15-34-25(33)21(26)20-23(31)29(13-7-14-30)22-24(32)28(12-5-11-27(20,22)35-26)19-16-17(2)8-9-18(19)3/h5-6,8-11,16,20-22,30H,4,7,12-15H2,1-3H3/t20-,21+,22?,26-,27-/m0/s1. The smallest absolute Gasteiger partial charge is 0.313 e. The van der Waals surface area contributed by atoms with Crippen molar-refractivity contribution in [2.45, 2.75) is 50.9 Å². The Morgan fingerprint density at radius 2 is 1.89 bits per heavy atom. The lowest BCUT2D eigenvalue weighted by molar-refractivity contribution is -0.157. The van der Waals surface area contributed by atoms with Crippen LogP contribution in [0.15, 0.2) is 42.5 Å². The van der Waals surface area contributed by atoms with E-state index in [0.717, 1.165) is 16.8 Å². The van der Waals surface area contributed by atoms with Crippen LogP contribution in [0.1, 0.15) is 30.9 Å². The number of ether oxygens (including phenoxy) is 2. The van der Waals surface area contributed by atoms with Gasteiger partial charge in [0.05, 0.1) is 5.92 Å². The molecule has 0 saturated carbocycles. The average molecular weight is 481 g/mol. The highest BCUT2D eigenvalue weighted by Crippen LogP contribution is 2.58. The molecule has 1 N–H and O–H groups in total. The number of amides is 2. The van der Waals surface area contributed by atoms with Gasteiger partial charge in [0, 0.05) is 25.4 Å². The van der Waals surface area contributed by atoms with Gasteiger partial charge in [-0.1, -0.05) is 37.3 Å². The van der Waals surface area contributed by atoms with Gasteiger partial charge in [-0.05, 0) is 50.0 Å². The summed E-state index contributed by atoms with van der Waals surface area (Å²) in [5.41, 5.74) is 0.416. The van der Waals surface area contributed by atoms with Gasteiger partial charge >= 0.3 is 5.97 Å². The lowest BCUT2D eigenvalue weighted by Gasteiger charge is -2.38. The molecule has 4 aliphatic heterocycles. The Balaban J connectivity index is 1.67. The van der Waals surface area contributed by atoms with Crippen molar-refractivity contribution < 1.29 is 29.0 Å². The maximum Gasteiger partial charge on any atom is 0.313 e. The molecule has 0 radical (unpaired) electrons. The van der Waals surface area contributed by atoms with Crippen LogP contribution in [0.3, 0.4) is 0 Å². The highest BCUT2D eigenvalue weighted by molar-refractivity contribution is 6.06. The highest BCUT2D eigenvalue weighted by Gasteiger charge is 2.75. The van der Waals surface area contributed by atoms with Crippen LogP contribution in [-0.2, 0) is 23.9 Å². The lowest BCUT2D eigenvalue weighted by Crippen LogP contribution is -2.56. The predicted octanol–water partition coefficient (Wildman–Crippen LogP) is 2.06. The fourth-order valence-electron chi connectivity index (χ4n) is 6.30. The van der Waals surface area contributed by atoms with Gasteiger partial charge in [0.25, 0.3) is 5.91 Å². The molecule has 4 heterocycles. The van der Waals surface area contributed by atoms with Gasteiger partial charge in [-0.15, -0.1) is 0 Å². The number of aliphatic hydroxyl groups is 1. The Morgan fingerprint density at radius 1 is 1.09 bits per heavy atom. The number of cyclic esters (lactones) is 1. The topological polar surface area (TPSA) is 96.4 Å². The first-order chi connectivity index (χ1) is 16.8. The minimum atomic E-state index is -1.31. The summed E-state index contributed by atoms with van der Waals surface area (Å²) < 4.78 is 12.2. The van der Waals surface area contributed by atoms with Gasteiger partial charge in [0.15, 0.2) is 0 Å². The summed E-state index contributed by atoms with van der Waals surface area (Å²) in [5, 5.41) is 9.51. The van der Waals surface area contributed by atoms with Gasteiger partial charge in [-0.3, -0.25) is 14.4 Å². The molecule has 1 unspecified atom stereocenters. The molecule has 1 spiro atoms. The fraction of sp³-hybridized carbons (Fsp3) is 0.519. The van der Waals surface area contributed by atoms with E-state index in [9.17, 15) is 19.5 Å². The maximum atomic E-state index is 14.3. The molecular weight excluding hydrogens is 448 g/mol. The Kier molecular flexibility index (Phi) is 5.84. The van der Waals surface area contributed by atoms with Gasteiger partial charge < -0.3 is 24.4 Å². The number of hydrogen-bond donors (Lipinski definition) is 1. The molecule has 0 aliphatic carbocycles. The summed E-state index contributed by atoms with van der Waals surface area (Å²) >= 11 is 0. The summed E-state index contributed by atoms with van der Waals surface area (Å²) in [5.74, 6) is -2.79. The number of hydrogen-bond acceptors (Lipinski definition) is 6. The summed E-state index contributed by atoms with van der Waals surface area (Å²) in [4.78, 5) is 44.7. The number of rotatable bonds is 5. The number of nitrogens with zero attached hydrogens (tertiary/aromatic N) is 2. The van der Waals surface area contributed by atoms with Crippen LogP contribution < -0.4 is 4.90 Å². The van der Waals surface area contributed by atoms with Gasteiger partial charge in [0.1, 0.15) is 29.8 Å². The number of benzene rings is 1. The molecule has 2 amide bonds. The summed E-state index contributed by atoms with van der Waals surface area (Å²) in [6.45, 7) is 6.37. The molecule has 2 saturated heterocycles. The third kappa shape index (κ3) is 3.37. The molecule has 8 heteroatoms. The molecule has 8 nitrogen and oxygen atoms in total. The van der Waals surface area contributed by atoms with Gasteiger partial charge in [-0.25, -0.2) is 0 Å². The first kappa shape index (κ1) is 23.8. The highest BCUT2D eigenvalue weighted by atomic mass is 16.6. The monoisotopic (exact) mass is 480 g/mol. The van der Waals surface area contributed by atoms with Crippen molar-refractivity contribution in [3.05, 3.63) is 53.6 Å². The number of esters is 1. The second-order valence-electron chi connectivity index (χ2n) is 9.90. The number of aliphatic hydroxyl groups excluding tert-OH is 1. The van der Waals surface area contributed by atoms with E-state index in [4.69, 9.17) is 9.47 Å². The number of anilines is 1. The SMILES string of the molecule is CC[C@]12C=CCOC(=O)[C@H]1[C@H]1C(=O)N(CCCO)C3C(=O)N(c4cc(C)ccc4C)CC=C[C@@]31O2. The largest absolute Gasteiger partial charge is 0.461 e. The summed E-state index contributed by atoms with van der Waals surface area (Å²) in [6.07, 6.45) is 8.07. The molecular formula is C27H32N2O6. The third-order valence-corrected chi connectivity index (χ3v) is 7.91. The minimum absolute atomic E-state index is 0.118. The van der Waals surface area contributed by atoms with Crippen LogP contribution in [-0.4, -0.2) is 71.3 Å². The molecule has 4 aliphatic rings. The second kappa shape index (κ2) is 8.60. The normalized spacial score (nSPS) is 33.8. The quantitative estimate of drug-likeness (QED) is 0.512. The van der Waals surface area contributed by atoms with Crippen molar-refractivity contribution in [3.8, 4) is 0 Å². The van der Waals surface area contributed by atoms with E-state index >= 15 is 0 Å². The van der Waals surface area contributed by atoms with Crippen LogP contribution in [0.5, 0.6) is 0 Å². The molecule has 0 bridgehead atoms. The number of likely N-dealkylation sites (tertiary alicyclic amines) is 1. The minimum Gasteiger partial charge on any atom is -0.461 e. The zero-order valence-electron chi connectivity index (χ0n) is 20.4. The molecule has 35 heavy (non-hydrogen) atoms. The zero-order valence-corrected chi connectivity index (χ0v) is 20.4. The fourth-order valence-corrected chi connectivity index (χ4v) is 6.30.